The Kier molecular flexibility index (Phi) is 5.42. The maximum absolute atomic E-state index is 5.33. The second kappa shape index (κ2) is 6.39. The third-order valence-corrected chi connectivity index (χ3v) is 3.90. The number of rotatable bonds is 7. The summed E-state index contributed by atoms with van der Waals surface area (Å²) in [7, 11) is 2.16. The molecule has 0 amide bonds. The van der Waals surface area contributed by atoms with Crippen LogP contribution >= 0.6 is 0 Å². The quantitative estimate of drug-likeness (QED) is 0.808. The molecule has 0 spiro atoms. The third-order valence-electron chi connectivity index (χ3n) is 3.90. The van der Waals surface area contributed by atoms with Crippen molar-refractivity contribution < 1.29 is 4.42 Å². The summed E-state index contributed by atoms with van der Waals surface area (Å²) in [5, 5.41) is 3.62. The predicted octanol–water partition coefficient (Wildman–Crippen LogP) is 3.19. The molecule has 1 atom stereocenters. The first-order valence-electron chi connectivity index (χ1n) is 6.84. The van der Waals surface area contributed by atoms with E-state index in [0.717, 1.165) is 25.3 Å². The van der Waals surface area contributed by atoms with Gasteiger partial charge in [0.25, 0.3) is 0 Å². The van der Waals surface area contributed by atoms with Gasteiger partial charge < -0.3 is 9.73 Å². The Labute approximate surface area is 112 Å². The fraction of sp³-hybridized carbons (Fsp3) is 0.733. The number of likely N-dealkylation sites (N-methyl/N-ethyl adjacent to an activating group) is 1. The van der Waals surface area contributed by atoms with Crippen molar-refractivity contribution in [1.29, 1.82) is 0 Å². The number of furan rings is 1. The van der Waals surface area contributed by atoms with Crippen molar-refractivity contribution in [3.05, 3.63) is 23.7 Å². The molecule has 0 saturated heterocycles. The highest BCUT2D eigenvalue weighted by atomic mass is 16.3. The van der Waals surface area contributed by atoms with E-state index in [9.17, 15) is 0 Å². The van der Waals surface area contributed by atoms with Gasteiger partial charge in [-0.05, 0) is 47.2 Å². The van der Waals surface area contributed by atoms with E-state index in [4.69, 9.17) is 4.42 Å². The minimum atomic E-state index is 0.223. The lowest BCUT2D eigenvalue weighted by molar-refractivity contribution is 0.222. The van der Waals surface area contributed by atoms with Gasteiger partial charge >= 0.3 is 0 Å². The lowest BCUT2D eigenvalue weighted by atomic mass is 10.0. The fourth-order valence-corrected chi connectivity index (χ4v) is 1.70. The van der Waals surface area contributed by atoms with Crippen molar-refractivity contribution in [2.24, 2.45) is 0 Å². The summed E-state index contributed by atoms with van der Waals surface area (Å²) >= 11 is 0. The van der Waals surface area contributed by atoms with Crippen LogP contribution in [0, 0.1) is 6.92 Å². The molecule has 0 aliphatic carbocycles. The number of nitrogens with one attached hydrogen (secondary N) is 1. The Morgan fingerprint density at radius 3 is 2.61 bits per heavy atom. The van der Waals surface area contributed by atoms with E-state index < -0.39 is 0 Å². The molecule has 1 N–H and O–H groups in total. The third kappa shape index (κ3) is 4.46. The average molecular weight is 252 g/mol. The highest BCUT2D eigenvalue weighted by Crippen LogP contribution is 2.13. The van der Waals surface area contributed by atoms with Crippen molar-refractivity contribution in [3.8, 4) is 0 Å². The Balaban J connectivity index is 2.42. The molecule has 1 heterocycles. The number of aryl methyl sites for hydroxylation is 1. The standard InChI is InChI=1S/C15H28N2O/c1-7-15(4,5)16-10-12(2)17(6)11-14-8-9-18-13(14)3/h8-9,12,16H,7,10-11H2,1-6H3. The molecule has 3 heteroatoms. The minimum Gasteiger partial charge on any atom is -0.469 e. The van der Waals surface area contributed by atoms with E-state index >= 15 is 0 Å². The van der Waals surface area contributed by atoms with Crippen LogP contribution in [0.5, 0.6) is 0 Å². The van der Waals surface area contributed by atoms with Crippen molar-refractivity contribution in [3.63, 3.8) is 0 Å². The smallest absolute Gasteiger partial charge is 0.105 e. The Hall–Kier alpha value is -0.800. The molecule has 0 aromatic carbocycles. The number of hydrogen-bond donors (Lipinski definition) is 1. The van der Waals surface area contributed by atoms with Crippen molar-refractivity contribution in [2.75, 3.05) is 13.6 Å². The van der Waals surface area contributed by atoms with E-state index in [0.29, 0.717) is 6.04 Å². The van der Waals surface area contributed by atoms with Gasteiger partial charge in [-0.25, -0.2) is 0 Å². The van der Waals surface area contributed by atoms with Gasteiger partial charge in [-0.15, -0.1) is 0 Å². The molecule has 3 nitrogen and oxygen atoms in total. The van der Waals surface area contributed by atoms with Crippen LogP contribution in [-0.2, 0) is 6.54 Å². The van der Waals surface area contributed by atoms with Crippen LogP contribution in [-0.4, -0.2) is 30.1 Å². The number of hydrogen-bond acceptors (Lipinski definition) is 3. The molecule has 1 unspecified atom stereocenters. The Morgan fingerprint density at radius 2 is 2.11 bits per heavy atom. The maximum atomic E-state index is 5.33. The Morgan fingerprint density at radius 1 is 1.44 bits per heavy atom. The monoisotopic (exact) mass is 252 g/mol. The first-order valence-corrected chi connectivity index (χ1v) is 6.84. The highest BCUT2D eigenvalue weighted by Gasteiger charge is 2.17. The van der Waals surface area contributed by atoms with Crippen LogP contribution < -0.4 is 5.32 Å². The summed E-state index contributed by atoms with van der Waals surface area (Å²) in [5.41, 5.74) is 1.50. The van der Waals surface area contributed by atoms with Crippen LogP contribution in [0.15, 0.2) is 16.7 Å². The summed E-state index contributed by atoms with van der Waals surface area (Å²) in [6.07, 6.45) is 2.91. The molecular formula is C15H28N2O. The van der Waals surface area contributed by atoms with Gasteiger partial charge in [0, 0.05) is 30.2 Å². The molecule has 1 aromatic heterocycles. The summed E-state index contributed by atoms with van der Waals surface area (Å²) in [4.78, 5) is 2.36. The zero-order valence-corrected chi connectivity index (χ0v) is 12.7. The zero-order valence-electron chi connectivity index (χ0n) is 12.7. The van der Waals surface area contributed by atoms with E-state index in [1.165, 1.54) is 5.56 Å². The summed E-state index contributed by atoms with van der Waals surface area (Å²) in [6, 6.07) is 2.56. The summed E-state index contributed by atoms with van der Waals surface area (Å²) in [6.45, 7) is 12.9. The second-order valence-electron chi connectivity index (χ2n) is 5.88. The molecule has 104 valence electrons. The summed E-state index contributed by atoms with van der Waals surface area (Å²) in [5.74, 6) is 1.02. The van der Waals surface area contributed by atoms with Crippen molar-refractivity contribution in [1.82, 2.24) is 10.2 Å². The second-order valence-corrected chi connectivity index (χ2v) is 5.88. The molecular weight excluding hydrogens is 224 g/mol. The topological polar surface area (TPSA) is 28.4 Å². The van der Waals surface area contributed by atoms with Crippen LogP contribution in [0.4, 0.5) is 0 Å². The van der Waals surface area contributed by atoms with E-state index in [1.807, 2.05) is 6.92 Å². The largest absolute Gasteiger partial charge is 0.469 e. The molecule has 0 aliphatic rings. The van der Waals surface area contributed by atoms with Gasteiger partial charge in [0.05, 0.1) is 6.26 Å². The minimum absolute atomic E-state index is 0.223. The van der Waals surface area contributed by atoms with E-state index in [1.54, 1.807) is 6.26 Å². The molecule has 18 heavy (non-hydrogen) atoms. The lowest BCUT2D eigenvalue weighted by Gasteiger charge is -2.30. The van der Waals surface area contributed by atoms with Gasteiger partial charge in [0.2, 0.25) is 0 Å². The normalized spacial score (nSPS) is 14.2. The van der Waals surface area contributed by atoms with Crippen LogP contribution in [0.25, 0.3) is 0 Å². The van der Waals surface area contributed by atoms with Gasteiger partial charge in [-0.2, -0.15) is 0 Å². The van der Waals surface area contributed by atoms with Crippen molar-refractivity contribution in [2.45, 2.75) is 59.2 Å². The first-order chi connectivity index (χ1) is 8.35. The Bertz CT molecular complexity index is 357. The maximum Gasteiger partial charge on any atom is 0.105 e. The van der Waals surface area contributed by atoms with E-state index in [2.05, 4.69) is 51.0 Å². The first kappa shape index (κ1) is 15.3. The summed E-state index contributed by atoms with van der Waals surface area (Å²) < 4.78 is 5.33. The molecule has 0 bridgehead atoms. The zero-order chi connectivity index (χ0) is 13.8. The van der Waals surface area contributed by atoms with Gasteiger partial charge in [-0.3, -0.25) is 4.90 Å². The molecule has 1 rings (SSSR count). The highest BCUT2D eigenvalue weighted by molar-refractivity contribution is 5.15. The molecule has 1 aromatic rings. The number of nitrogens with zero attached hydrogens (tertiary/aromatic N) is 1. The molecule has 0 saturated carbocycles. The molecule has 0 aliphatic heterocycles. The molecule has 0 fully saturated rings. The average Bonchev–Trinajstić information content (AvgIpc) is 2.72. The van der Waals surface area contributed by atoms with Crippen LogP contribution in [0.2, 0.25) is 0 Å². The van der Waals surface area contributed by atoms with Gasteiger partial charge in [0.1, 0.15) is 5.76 Å². The fourth-order valence-electron chi connectivity index (χ4n) is 1.70. The van der Waals surface area contributed by atoms with Crippen LogP contribution in [0.3, 0.4) is 0 Å². The SMILES string of the molecule is CCC(C)(C)NCC(C)N(C)Cc1ccoc1C. The molecule has 0 radical (unpaired) electrons. The van der Waals surface area contributed by atoms with Crippen molar-refractivity contribution >= 4 is 0 Å². The van der Waals surface area contributed by atoms with E-state index in [-0.39, 0.29) is 5.54 Å². The predicted molar refractivity (Wildman–Crippen MR) is 76.7 cm³/mol. The lowest BCUT2D eigenvalue weighted by Crippen LogP contribution is -2.46. The van der Waals surface area contributed by atoms with Gasteiger partial charge in [0.15, 0.2) is 0 Å². The van der Waals surface area contributed by atoms with Crippen LogP contribution in [0.1, 0.15) is 45.4 Å². The van der Waals surface area contributed by atoms with Gasteiger partial charge in [-0.1, -0.05) is 6.92 Å².